The van der Waals surface area contributed by atoms with Crippen LogP contribution in [0.25, 0.3) is 49.4 Å². The Kier molecular flexibility index (Phi) is 4.41. The first-order chi connectivity index (χ1) is 21.3. The first kappa shape index (κ1) is 23.0. The van der Waals surface area contributed by atoms with Crippen molar-refractivity contribution in [2.75, 3.05) is 0 Å². The van der Waals surface area contributed by atoms with Crippen molar-refractivity contribution >= 4 is 32.6 Å². The summed E-state index contributed by atoms with van der Waals surface area (Å²) in [7, 11) is 0. The molecule has 200 valence electrons. The molecule has 2 heterocycles. The van der Waals surface area contributed by atoms with Crippen LogP contribution in [0.5, 0.6) is 11.5 Å². The van der Waals surface area contributed by atoms with Crippen LogP contribution in [0.2, 0.25) is 0 Å². The predicted molar refractivity (Wildman–Crippen MR) is 176 cm³/mol. The number of fused-ring (bicyclic) bond motifs is 14. The second-order valence-electron chi connectivity index (χ2n) is 11.7. The van der Waals surface area contributed by atoms with Gasteiger partial charge in [0, 0.05) is 27.6 Å². The van der Waals surface area contributed by atoms with Crippen molar-refractivity contribution in [1.29, 1.82) is 0 Å². The molecule has 0 atom stereocenters. The van der Waals surface area contributed by atoms with E-state index < -0.39 is 5.41 Å². The summed E-state index contributed by atoms with van der Waals surface area (Å²) < 4.78 is 9.12. The molecule has 0 N–H and O–H groups in total. The quantitative estimate of drug-likeness (QED) is 0.199. The van der Waals surface area contributed by atoms with E-state index in [2.05, 4.69) is 156 Å². The molecule has 0 radical (unpaired) electrons. The summed E-state index contributed by atoms with van der Waals surface area (Å²) in [4.78, 5) is 0. The molecule has 0 saturated carbocycles. The molecule has 1 spiro atoms. The lowest BCUT2D eigenvalue weighted by Crippen LogP contribution is -2.32. The normalized spacial score (nSPS) is 14.0. The molecule has 1 aromatic heterocycles. The van der Waals surface area contributed by atoms with E-state index in [4.69, 9.17) is 4.74 Å². The van der Waals surface area contributed by atoms with Crippen LogP contribution in [-0.4, -0.2) is 4.57 Å². The second kappa shape index (κ2) is 8.24. The van der Waals surface area contributed by atoms with Crippen molar-refractivity contribution in [1.82, 2.24) is 4.57 Å². The third kappa shape index (κ3) is 2.83. The van der Waals surface area contributed by atoms with Crippen LogP contribution in [-0.2, 0) is 5.41 Å². The molecule has 2 nitrogen and oxygen atoms in total. The van der Waals surface area contributed by atoms with Crippen LogP contribution in [0.1, 0.15) is 22.3 Å². The van der Waals surface area contributed by atoms with Gasteiger partial charge in [0.05, 0.1) is 16.4 Å². The highest BCUT2D eigenvalue weighted by Gasteiger charge is 2.51. The maximum Gasteiger partial charge on any atom is 0.132 e. The lowest BCUT2D eigenvalue weighted by molar-refractivity contribution is 0.436. The van der Waals surface area contributed by atoms with Crippen LogP contribution in [0.4, 0.5) is 0 Å². The topological polar surface area (TPSA) is 14.2 Å². The van der Waals surface area contributed by atoms with Crippen LogP contribution in [0.15, 0.2) is 152 Å². The fraction of sp³-hybridized carbons (Fsp3) is 0.0244. The summed E-state index contributed by atoms with van der Waals surface area (Å²) in [6.45, 7) is 0. The third-order valence-corrected chi connectivity index (χ3v) is 9.65. The highest BCUT2D eigenvalue weighted by Crippen LogP contribution is 2.62. The van der Waals surface area contributed by atoms with Crippen LogP contribution in [0, 0.1) is 0 Å². The number of rotatable bonds is 1. The van der Waals surface area contributed by atoms with Crippen LogP contribution < -0.4 is 4.74 Å². The molecule has 43 heavy (non-hydrogen) atoms. The zero-order valence-corrected chi connectivity index (χ0v) is 23.3. The Hall–Kier alpha value is -5.60. The fourth-order valence-corrected chi connectivity index (χ4v) is 8.00. The molecule has 0 fully saturated rings. The van der Waals surface area contributed by atoms with Gasteiger partial charge in [-0.1, -0.05) is 115 Å². The lowest BCUT2D eigenvalue weighted by atomic mass is 9.66. The second-order valence-corrected chi connectivity index (χ2v) is 11.7. The standard InChI is InChI=1S/C41H25NO/c1-2-12-28-26(11-1)21-23-37-40(28)31-15-5-9-19-36(31)42(37)27-22-24-39-35(25-27)41(34-18-8-10-20-38(34)43-39)32-16-6-3-13-29(32)30-14-4-7-17-33(30)41/h1-25H. The predicted octanol–water partition coefficient (Wildman–Crippen LogP) is 10.4. The van der Waals surface area contributed by atoms with E-state index in [0.717, 1.165) is 17.2 Å². The van der Waals surface area contributed by atoms with Gasteiger partial charge in [-0.15, -0.1) is 0 Å². The highest BCUT2D eigenvalue weighted by atomic mass is 16.5. The van der Waals surface area contributed by atoms with Gasteiger partial charge in [-0.2, -0.15) is 0 Å². The molecule has 0 unspecified atom stereocenters. The Morgan fingerprint density at radius 2 is 1.07 bits per heavy atom. The van der Waals surface area contributed by atoms with E-state index in [-0.39, 0.29) is 0 Å². The van der Waals surface area contributed by atoms with Crippen molar-refractivity contribution in [3.8, 4) is 28.3 Å². The molecule has 1 aliphatic carbocycles. The summed E-state index contributed by atoms with van der Waals surface area (Å²) in [6.07, 6.45) is 0. The zero-order valence-electron chi connectivity index (χ0n) is 23.3. The van der Waals surface area contributed by atoms with Crippen molar-refractivity contribution < 1.29 is 4.74 Å². The Bertz CT molecular complexity index is 2400. The molecule has 2 heteroatoms. The Morgan fingerprint density at radius 3 is 1.88 bits per heavy atom. The molecular formula is C41H25NO. The maximum absolute atomic E-state index is 6.69. The van der Waals surface area contributed by atoms with Gasteiger partial charge in [0.25, 0.3) is 0 Å². The van der Waals surface area contributed by atoms with Gasteiger partial charge in [-0.3, -0.25) is 0 Å². The van der Waals surface area contributed by atoms with Crippen molar-refractivity contribution in [3.05, 3.63) is 174 Å². The van der Waals surface area contributed by atoms with Gasteiger partial charge in [-0.05, 0) is 69.4 Å². The molecular weight excluding hydrogens is 522 g/mol. The summed E-state index contributed by atoms with van der Waals surface area (Å²) in [6, 6.07) is 55.1. The molecule has 8 aromatic rings. The van der Waals surface area contributed by atoms with E-state index in [1.807, 2.05) is 0 Å². The van der Waals surface area contributed by atoms with Gasteiger partial charge in [0.1, 0.15) is 11.5 Å². The number of ether oxygens (including phenoxy) is 1. The minimum Gasteiger partial charge on any atom is -0.457 e. The molecule has 7 aromatic carbocycles. The molecule has 0 amide bonds. The molecule has 0 bridgehead atoms. The SMILES string of the molecule is c1ccc2c(c1)Oc1ccc(-n3c4ccccc4c4c5ccccc5ccc43)cc1C21c2ccccc2-c2ccccc21. The smallest absolute Gasteiger partial charge is 0.132 e. The molecule has 0 saturated heterocycles. The molecule has 2 aliphatic rings. The van der Waals surface area contributed by atoms with Crippen molar-refractivity contribution in [2.24, 2.45) is 0 Å². The fourth-order valence-electron chi connectivity index (χ4n) is 8.00. The number of hydrogen-bond donors (Lipinski definition) is 0. The van der Waals surface area contributed by atoms with E-state index in [0.29, 0.717) is 0 Å². The minimum atomic E-state index is -0.487. The summed E-state index contributed by atoms with van der Waals surface area (Å²) in [5, 5.41) is 5.09. The summed E-state index contributed by atoms with van der Waals surface area (Å²) in [5.74, 6) is 1.82. The van der Waals surface area contributed by atoms with E-state index in [1.54, 1.807) is 0 Å². The zero-order chi connectivity index (χ0) is 28.1. The van der Waals surface area contributed by atoms with E-state index in [1.165, 1.54) is 66.0 Å². The third-order valence-electron chi connectivity index (χ3n) is 9.65. The Balaban J connectivity index is 1.34. The number of para-hydroxylation sites is 2. The van der Waals surface area contributed by atoms with Gasteiger partial charge in [0.2, 0.25) is 0 Å². The Morgan fingerprint density at radius 1 is 0.442 bits per heavy atom. The average molecular weight is 548 g/mol. The highest BCUT2D eigenvalue weighted by molar-refractivity contribution is 6.21. The maximum atomic E-state index is 6.69. The van der Waals surface area contributed by atoms with E-state index in [9.17, 15) is 0 Å². The van der Waals surface area contributed by atoms with E-state index >= 15 is 0 Å². The number of benzene rings is 7. The van der Waals surface area contributed by atoms with Gasteiger partial charge >= 0.3 is 0 Å². The number of hydrogen-bond acceptors (Lipinski definition) is 1. The van der Waals surface area contributed by atoms with Crippen LogP contribution >= 0.6 is 0 Å². The van der Waals surface area contributed by atoms with Gasteiger partial charge in [-0.25, -0.2) is 0 Å². The monoisotopic (exact) mass is 547 g/mol. The number of aromatic nitrogens is 1. The largest absolute Gasteiger partial charge is 0.457 e. The first-order valence-corrected chi connectivity index (χ1v) is 14.9. The van der Waals surface area contributed by atoms with Crippen molar-refractivity contribution in [3.63, 3.8) is 0 Å². The summed E-state index contributed by atoms with van der Waals surface area (Å²) >= 11 is 0. The van der Waals surface area contributed by atoms with Gasteiger partial charge < -0.3 is 9.30 Å². The molecule has 10 rings (SSSR count). The van der Waals surface area contributed by atoms with Crippen LogP contribution in [0.3, 0.4) is 0 Å². The number of nitrogens with zero attached hydrogens (tertiary/aromatic N) is 1. The average Bonchev–Trinajstić information content (AvgIpc) is 3.57. The van der Waals surface area contributed by atoms with Gasteiger partial charge in [0.15, 0.2) is 0 Å². The van der Waals surface area contributed by atoms with Crippen molar-refractivity contribution in [2.45, 2.75) is 5.41 Å². The lowest BCUT2D eigenvalue weighted by Gasteiger charge is -2.39. The Labute approximate surface area is 249 Å². The first-order valence-electron chi connectivity index (χ1n) is 14.9. The summed E-state index contributed by atoms with van der Waals surface area (Å²) in [5.41, 5.74) is 10.6. The molecule has 1 aliphatic heterocycles. The minimum absolute atomic E-state index is 0.487.